The summed E-state index contributed by atoms with van der Waals surface area (Å²) in [4.78, 5) is 28.1. The smallest absolute Gasteiger partial charge is 0.274 e. The van der Waals surface area contributed by atoms with Crippen LogP contribution in [0.3, 0.4) is 0 Å². The third-order valence-corrected chi connectivity index (χ3v) is 4.26. The van der Waals surface area contributed by atoms with Crippen molar-refractivity contribution in [1.29, 1.82) is 0 Å². The van der Waals surface area contributed by atoms with E-state index in [-0.39, 0.29) is 17.4 Å². The van der Waals surface area contributed by atoms with Gasteiger partial charge in [-0.25, -0.2) is 0 Å². The average Bonchev–Trinajstić information content (AvgIpc) is 2.68. The van der Waals surface area contributed by atoms with E-state index in [0.29, 0.717) is 27.7 Å². The van der Waals surface area contributed by atoms with Crippen LogP contribution in [0.5, 0.6) is 5.75 Å². The van der Waals surface area contributed by atoms with Gasteiger partial charge in [-0.1, -0.05) is 23.7 Å². The number of ketones is 1. The van der Waals surface area contributed by atoms with Gasteiger partial charge >= 0.3 is 0 Å². The molecule has 0 atom stereocenters. The standard InChI is InChI=1S/C21H18ClN3O3/c1-13(26)14-4-3-5-15(10-14)24-17-8-9-23-19(12-17)21(27)25-16-6-7-20(28-2)18(22)11-16/h3-12H,1-2H3,(H,23,24)(H,25,27). The number of pyridine rings is 1. The van der Waals surface area contributed by atoms with Crippen LogP contribution >= 0.6 is 11.6 Å². The Morgan fingerprint density at radius 3 is 2.50 bits per heavy atom. The summed E-state index contributed by atoms with van der Waals surface area (Å²) in [7, 11) is 1.52. The number of benzene rings is 2. The van der Waals surface area contributed by atoms with Crippen molar-refractivity contribution in [3.05, 3.63) is 77.1 Å². The van der Waals surface area contributed by atoms with Crippen LogP contribution in [0.25, 0.3) is 0 Å². The lowest BCUT2D eigenvalue weighted by molar-refractivity contribution is 0.101. The number of halogens is 1. The number of amides is 1. The highest BCUT2D eigenvalue weighted by atomic mass is 35.5. The fourth-order valence-electron chi connectivity index (χ4n) is 2.55. The van der Waals surface area contributed by atoms with Gasteiger partial charge in [-0.05, 0) is 49.4 Å². The van der Waals surface area contributed by atoms with Crippen LogP contribution in [0.15, 0.2) is 60.8 Å². The number of rotatable bonds is 6. The Hall–Kier alpha value is -3.38. The Morgan fingerprint density at radius 2 is 1.79 bits per heavy atom. The second kappa shape index (κ2) is 8.54. The Kier molecular flexibility index (Phi) is 5.91. The highest BCUT2D eigenvalue weighted by Crippen LogP contribution is 2.27. The lowest BCUT2D eigenvalue weighted by atomic mass is 10.1. The van der Waals surface area contributed by atoms with Gasteiger partial charge in [0.2, 0.25) is 0 Å². The number of carbonyl (C=O) groups excluding carboxylic acids is 2. The summed E-state index contributed by atoms with van der Waals surface area (Å²) in [6.07, 6.45) is 1.53. The van der Waals surface area contributed by atoms with Gasteiger partial charge in [0.05, 0.1) is 12.1 Å². The summed E-state index contributed by atoms with van der Waals surface area (Å²) in [5.74, 6) is 0.135. The molecule has 0 spiro atoms. The molecule has 0 fully saturated rings. The van der Waals surface area contributed by atoms with Gasteiger partial charge in [-0.3, -0.25) is 14.6 Å². The minimum Gasteiger partial charge on any atom is -0.495 e. The van der Waals surface area contributed by atoms with Gasteiger partial charge in [0.25, 0.3) is 5.91 Å². The molecule has 1 amide bonds. The second-order valence-corrected chi connectivity index (χ2v) is 6.40. The van der Waals surface area contributed by atoms with Crippen LogP contribution in [0, 0.1) is 0 Å². The van der Waals surface area contributed by atoms with Crippen molar-refractivity contribution in [2.24, 2.45) is 0 Å². The van der Waals surface area contributed by atoms with Crippen molar-refractivity contribution in [3.63, 3.8) is 0 Å². The number of Topliss-reactive ketones (excluding diaryl/α,β-unsaturated/α-hetero) is 1. The first-order chi connectivity index (χ1) is 13.5. The number of nitrogens with zero attached hydrogens (tertiary/aromatic N) is 1. The third kappa shape index (κ3) is 4.66. The number of anilines is 3. The van der Waals surface area contributed by atoms with E-state index in [1.807, 2.05) is 6.07 Å². The molecule has 142 valence electrons. The van der Waals surface area contributed by atoms with E-state index in [1.165, 1.54) is 20.2 Å². The van der Waals surface area contributed by atoms with Crippen LogP contribution in [-0.4, -0.2) is 23.8 Å². The normalized spacial score (nSPS) is 10.2. The average molecular weight is 396 g/mol. The maximum absolute atomic E-state index is 12.5. The molecule has 0 aliphatic carbocycles. The maximum Gasteiger partial charge on any atom is 0.274 e. The fraction of sp³-hybridized carbons (Fsp3) is 0.0952. The van der Waals surface area contributed by atoms with Gasteiger partial charge in [0.15, 0.2) is 5.78 Å². The lowest BCUT2D eigenvalue weighted by Gasteiger charge is -2.10. The molecule has 2 aromatic carbocycles. The molecule has 3 aromatic rings. The van der Waals surface area contributed by atoms with Crippen LogP contribution in [0.2, 0.25) is 5.02 Å². The minimum atomic E-state index is -0.373. The summed E-state index contributed by atoms with van der Waals surface area (Å²) in [5.41, 5.74) is 2.79. The Bertz CT molecular complexity index is 1040. The van der Waals surface area contributed by atoms with Crippen molar-refractivity contribution in [1.82, 2.24) is 4.98 Å². The minimum absolute atomic E-state index is 0.0170. The Morgan fingerprint density at radius 1 is 1.00 bits per heavy atom. The molecule has 0 saturated heterocycles. The molecular weight excluding hydrogens is 378 g/mol. The first-order valence-electron chi connectivity index (χ1n) is 8.45. The van der Waals surface area contributed by atoms with Crippen molar-refractivity contribution in [2.75, 3.05) is 17.7 Å². The molecule has 1 aromatic heterocycles. The molecule has 3 rings (SSSR count). The zero-order valence-electron chi connectivity index (χ0n) is 15.3. The number of hydrogen-bond donors (Lipinski definition) is 2. The van der Waals surface area contributed by atoms with Crippen molar-refractivity contribution in [2.45, 2.75) is 6.92 Å². The molecule has 0 radical (unpaired) electrons. The van der Waals surface area contributed by atoms with Crippen molar-refractivity contribution >= 4 is 40.4 Å². The number of aromatic nitrogens is 1. The molecule has 2 N–H and O–H groups in total. The van der Waals surface area contributed by atoms with E-state index in [4.69, 9.17) is 16.3 Å². The van der Waals surface area contributed by atoms with Crippen molar-refractivity contribution < 1.29 is 14.3 Å². The molecular formula is C21H18ClN3O3. The molecule has 0 aliphatic rings. The van der Waals surface area contributed by atoms with E-state index in [9.17, 15) is 9.59 Å². The highest BCUT2D eigenvalue weighted by Gasteiger charge is 2.10. The van der Waals surface area contributed by atoms with Crippen LogP contribution in [-0.2, 0) is 0 Å². The fourth-order valence-corrected chi connectivity index (χ4v) is 2.81. The summed E-state index contributed by atoms with van der Waals surface area (Å²) in [6, 6.07) is 15.5. The van der Waals surface area contributed by atoms with Gasteiger partial charge in [0, 0.05) is 28.8 Å². The molecule has 6 nitrogen and oxygen atoms in total. The number of methoxy groups -OCH3 is 1. The number of carbonyl (C=O) groups is 2. The van der Waals surface area contributed by atoms with Crippen LogP contribution in [0.1, 0.15) is 27.8 Å². The van der Waals surface area contributed by atoms with E-state index < -0.39 is 0 Å². The summed E-state index contributed by atoms with van der Waals surface area (Å²) < 4.78 is 5.10. The molecule has 0 unspecified atom stereocenters. The van der Waals surface area contributed by atoms with Gasteiger partial charge in [0.1, 0.15) is 11.4 Å². The Labute approximate surface area is 167 Å². The first-order valence-corrected chi connectivity index (χ1v) is 8.83. The molecule has 0 aliphatic heterocycles. The number of nitrogens with one attached hydrogen (secondary N) is 2. The van der Waals surface area contributed by atoms with Gasteiger partial charge < -0.3 is 15.4 Å². The van der Waals surface area contributed by atoms with Crippen LogP contribution in [0.4, 0.5) is 17.1 Å². The SMILES string of the molecule is COc1ccc(NC(=O)c2cc(Nc3cccc(C(C)=O)c3)ccn2)cc1Cl. The third-order valence-electron chi connectivity index (χ3n) is 3.96. The van der Waals surface area contributed by atoms with E-state index >= 15 is 0 Å². The highest BCUT2D eigenvalue weighted by molar-refractivity contribution is 6.32. The first kappa shape index (κ1) is 19.4. The largest absolute Gasteiger partial charge is 0.495 e. The molecule has 0 saturated carbocycles. The quantitative estimate of drug-likeness (QED) is 0.577. The number of hydrogen-bond acceptors (Lipinski definition) is 5. The zero-order chi connectivity index (χ0) is 20.1. The summed E-state index contributed by atoms with van der Waals surface area (Å²) in [6.45, 7) is 1.51. The summed E-state index contributed by atoms with van der Waals surface area (Å²) >= 11 is 6.08. The van der Waals surface area contributed by atoms with Crippen LogP contribution < -0.4 is 15.4 Å². The van der Waals surface area contributed by atoms with Crippen molar-refractivity contribution in [3.8, 4) is 5.75 Å². The maximum atomic E-state index is 12.5. The van der Waals surface area contributed by atoms with E-state index in [1.54, 1.807) is 48.5 Å². The molecule has 1 heterocycles. The monoisotopic (exact) mass is 395 g/mol. The van der Waals surface area contributed by atoms with E-state index in [2.05, 4.69) is 15.6 Å². The predicted octanol–water partition coefficient (Wildman–Crippen LogP) is 4.94. The number of ether oxygens (including phenoxy) is 1. The molecule has 0 bridgehead atoms. The second-order valence-electron chi connectivity index (χ2n) is 6.00. The lowest BCUT2D eigenvalue weighted by Crippen LogP contribution is -2.13. The Balaban J connectivity index is 1.75. The summed E-state index contributed by atoms with van der Waals surface area (Å²) in [5, 5.41) is 6.32. The molecule has 7 heteroatoms. The topological polar surface area (TPSA) is 80.3 Å². The van der Waals surface area contributed by atoms with Gasteiger partial charge in [-0.15, -0.1) is 0 Å². The molecule has 28 heavy (non-hydrogen) atoms. The predicted molar refractivity (Wildman–Crippen MR) is 110 cm³/mol. The zero-order valence-corrected chi connectivity index (χ0v) is 16.1. The van der Waals surface area contributed by atoms with E-state index in [0.717, 1.165) is 5.69 Å². The van der Waals surface area contributed by atoms with Gasteiger partial charge in [-0.2, -0.15) is 0 Å².